The van der Waals surface area contributed by atoms with Crippen LogP contribution in [0.4, 0.5) is 0 Å². The molecule has 3 N–H and O–H groups in total. The molecule has 1 aliphatic heterocycles. The number of aliphatic hydroxyl groups is 1. The molecule has 2 aliphatic rings. The highest BCUT2D eigenvalue weighted by atomic mass is 32.2. The molecule has 1 saturated carbocycles. The minimum Gasteiger partial charge on any atom is -0.391 e. The standard InChI is InChI=1S/C13H25NOS2/c14-11(10-5-2-1-3-6-10)9-12(15)13-16-7-4-8-17-13/h10-13,15H,1-9,14H2. The van der Waals surface area contributed by atoms with Crippen LogP contribution >= 0.6 is 23.5 Å². The van der Waals surface area contributed by atoms with E-state index >= 15 is 0 Å². The van der Waals surface area contributed by atoms with Gasteiger partial charge in [0.2, 0.25) is 0 Å². The summed E-state index contributed by atoms with van der Waals surface area (Å²) in [4.78, 5) is 0. The molecule has 1 saturated heterocycles. The van der Waals surface area contributed by atoms with Crippen LogP contribution in [0.25, 0.3) is 0 Å². The Morgan fingerprint density at radius 3 is 2.35 bits per heavy atom. The van der Waals surface area contributed by atoms with Gasteiger partial charge in [-0.25, -0.2) is 0 Å². The third kappa shape index (κ3) is 4.34. The summed E-state index contributed by atoms with van der Waals surface area (Å²) in [5, 5.41) is 10.3. The maximum absolute atomic E-state index is 10.3. The van der Waals surface area contributed by atoms with Gasteiger partial charge in [0.05, 0.1) is 10.7 Å². The van der Waals surface area contributed by atoms with Crippen LogP contribution in [0, 0.1) is 5.92 Å². The number of hydrogen-bond donors (Lipinski definition) is 2. The Kier molecular flexibility index (Phi) is 6.00. The van der Waals surface area contributed by atoms with Gasteiger partial charge in [-0.3, -0.25) is 0 Å². The Hall–Kier alpha value is 0.620. The zero-order chi connectivity index (χ0) is 12.1. The quantitative estimate of drug-likeness (QED) is 0.828. The molecule has 2 unspecified atom stereocenters. The van der Waals surface area contributed by atoms with Crippen molar-refractivity contribution in [2.45, 2.75) is 61.7 Å². The molecular formula is C13H25NOS2. The van der Waals surface area contributed by atoms with Crippen LogP contribution in [0.3, 0.4) is 0 Å². The van der Waals surface area contributed by atoms with Gasteiger partial charge in [0.15, 0.2) is 0 Å². The average Bonchev–Trinajstić information content (AvgIpc) is 2.40. The summed E-state index contributed by atoms with van der Waals surface area (Å²) in [5.41, 5.74) is 6.28. The zero-order valence-electron chi connectivity index (χ0n) is 10.5. The SMILES string of the molecule is NC(CC(O)C1SCCCS1)C1CCCCC1. The topological polar surface area (TPSA) is 46.2 Å². The van der Waals surface area contributed by atoms with E-state index in [1.54, 1.807) is 0 Å². The Balaban J connectivity index is 1.74. The molecule has 0 aromatic carbocycles. The smallest absolute Gasteiger partial charge is 0.0765 e. The number of thioether (sulfide) groups is 2. The van der Waals surface area contributed by atoms with Crippen LogP contribution < -0.4 is 5.73 Å². The van der Waals surface area contributed by atoms with Crippen molar-refractivity contribution in [2.75, 3.05) is 11.5 Å². The molecule has 2 atom stereocenters. The molecule has 0 aromatic rings. The molecule has 0 bridgehead atoms. The third-order valence-electron chi connectivity index (χ3n) is 3.94. The van der Waals surface area contributed by atoms with Crippen LogP contribution in [-0.2, 0) is 0 Å². The number of aliphatic hydroxyl groups excluding tert-OH is 1. The van der Waals surface area contributed by atoms with Gasteiger partial charge in [0.1, 0.15) is 0 Å². The van der Waals surface area contributed by atoms with E-state index in [0.29, 0.717) is 10.5 Å². The molecule has 100 valence electrons. The summed E-state index contributed by atoms with van der Waals surface area (Å²) < 4.78 is 0.374. The van der Waals surface area contributed by atoms with E-state index in [4.69, 9.17) is 5.73 Å². The molecule has 2 fully saturated rings. The molecule has 2 nitrogen and oxygen atoms in total. The molecule has 1 aliphatic carbocycles. The summed E-state index contributed by atoms with van der Waals surface area (Å²) >= 11 is 3.83. The second kappa shape index (κ2) is 7.27. The lowest BCUT2D eigenvalue weighted by Gasteiger charge is -2.32. The van der Waals surface area contributed by atoms with Gasteiger partial charge in [0.25, 0.3) is 0 Å². The molecule has 17 heavy (non-hydrogen) atoms. The van der Waals surface area contributed by atoms with Crippen molar-refractivity contribution in [1.29, 1.82) is 0 Å². The fraction of sp³-hybridized carbons (Fsp3) is 1.00. The normalized spacial score (nSPS) is 27.9. The Labute approximate surface area is 113 Å². The minimum atomic E-state index is -0.206. The molecule has 1 heterocycles. The monoisotopic (exact) mass is 275 g/mol. The molecule has 0 radical (unpaired) electrons. The fourth-order valence-corrected chi connectivity index (χ4v) is 5.77. The van der Waals surface area contributed by atoms with Crippen LogP contribution in [-0.4, -0.2) is 33.3 Å². The van der Waals surface area contributed by atoms with E-state index in [1.807, 2.05) is 23.5 Å². The maximum Gasteiger partial charge on any atom is 0.0765 e. The van der Waals surface area contributed by atoms with Crippen LogP contribution in [0.5, 0.6) is 0 Å². The predicted octanol–water partition coefficient (Wildman–Crippen LogP) is 2.84. The summed E-state index contributed by atoms with van der Waals surface area (Å²) in [7, 11) is 0. The van der Waals surface area contributed by atoms with Gasteiger partial charge in [-0.05, 0) is 43.1 Å². The lowest BCUT2D eigenvalue weighted by Crippen LogP contribution is -2.38. The van der Waals surface area contributed by atoms with Crippen molar-refractivity contribution < 1.29 is 5.11 Å². The summed E-state index contributed by atoms with van der Waals surface area (Å²) in [6, 6.07) is 0.216. The number of rotatable bonds is 4. The second-order valence-electron chi connectivity index (χ2n) is 5.33. The third-order valence-corrected chi connectivity index (χ3v) is 7.09. The van der Waals surface area contributed by atoms with Gasteiger partial charge in [-0.1, -0.05) is 19.3 Å². The van der Waals surface area contributed by atoms with Crippen LogP contribution in [0.15, 0.2) is 0 Å². The highest BCUT2D eigenvalue weighted by Gasteiger charge is 2.28. The van der Waals surface area contributed by atoms with E-state index in [1.165, 1.54) is 50.0 Å². The first-order valence-corrected chi connectivity index (χ1v) is 9.04. The summed E-state index contributed by atoms with van der Waals surface area (Å²) in [5.74, 6) is 3.07. The fourth-order valence-electron chi connectivity index (χ4n) is 2.87. The molecule has 0 spiro atoms. The summed E-state index contributed by atoms with van der Waals surface area (Å²) in [6.07, 6.45) is 8.48. The maximum atomic E-state index is 10.3. The van der Waals surface area contributed by atoms with Crippen molar-refractivity contribution in [3.05, 3.63) is 0 Å². The zero-order valence-corrected chi connectivity index (χ0v) is 12.1. The van der Waals surface area contributed by atoms with Gasteiger partial charge in [0, 0.05) is 6.04 Å². The molecule has 0 aromatic heterocycles. The van der Waals surface area contributed by atoms with Crippen LogP contribution in [0.2, 0.25) is 0 Å². The Bertz CT molecular complexity index is 193. The highest BCUT2D eigenvalue weighted by Crippen LogP contribution is 2.35. The first-order chi connectivity index (χ1) is 8.27. The largest absolute Gasteiger partial charge is 0.391 e. The molecular weight excluding hydrogens is 250 g/mol. The lowest BCUT2D eigenvalue weighted by atomic mass is 9.82. The Morgan fingerprint density at radius 1 is 1.06 bits per heavy atom. The first kappa shape index (κ1) is 14.0. The van der Waals surface area contributed by atoms with E-state index < -0.39 is 0 Å². The van der Waals surface area contributed by atoms with Crippen molar-refractivity contribution in [3.8, 4) is 0 Å². The average molecular weight is 275 g/mol. The van der Waals surface area contributed by atoms with Gasteiger partial charge in [-0.15, -0.1) is 23.5 Å². The number of nitrogens with two attached hydrogens (primary N) is 1. The summed E-state index contributed by atoms with van der Waals surface area (Å²) in [6.45, 7) is 0. The lowest BCUT2D eigenvalue weighted by molar-refractivity contribution is 0.151. The van der Waals surface area contributed by atoms with Gasteiger partial charge in [-0.2, -0.15) is 0 Å². The van der Waals surface area contributed by atoms with Crippen LogP contribution in [0.1, 0.15) is 44.9 Å². The van der Waals surface area contributed by atoms with Gasteiger partial charge < -0.3 is 10.8 Å². The highest BCUT2D eigenvalue weighted by molar-refractivity contribution is 8.17. The van der Waals surface area contributed by atoms with E-state index in [-0.39, 0.29) is 12.1 Å². The van der Waals surface area contributed by atoms with Crippen molar-refractivity contribution in [3.63, 3.8) is 0 Å². The number of hydrogen-bond acceptors (Lipinski definition) is 4. The molecule has 0 amide bonds. The van der Waals surface area contributed by atoms with Crippen molar-refractivity contribution in [2.24, 2.45) is 11.7 Å². The predicted molar refractivity (Wildman–Crippen MR) is 78.5 cm³/mol. The Morgan fingerprint density at radius 2 is 1.71 bits per heavy atom. The minimum absolute atomic E-state index is 0.206. The molecule has 2 rings (SSSR count). The van der Waals surface area contributed by atoms with E-state index in [9.17, 15) is 5.11 Å². The van der Waals surface area contributed by atoms with Crippen molar-refractivity contribution >= 4 is 23.5 Å². The van der Waals surface area contributed by atoms with Crippen molar-refractivity contribution in [1.82, 2.24) is 0 Å². The molecule has 4 heteroatoms. The van der Waals surface area contributed by atoms with E-state index in [2.05, 4.69) is 0 Å². The first-order valence-electron chi connectivity index (χ1n) is 6.94. The second-order valence-corrected chi connectivity index (χ2v) is 8.13. The van der Waals surface area contributed by atoms with E-state index in [0.717, 1.165) is 6.42 Å². The van der Waals surface area contributed by atoms with Gasteiger partial charge >= 0.3 is 0 Å².